The lowest BCUT2D eigenvalue weighted by Gasteiger charge is -2.11. The molecule has 130 valence electrons. The first kappa shape index (κ1) is 16.8. The Balaban J connectivity index is 1.60. The highest BCUT2D eigenvalue weighted by Gasteiger charge is 2.16. The molecule has 0 radical (unpaired) electrons. The molecule has 0 fully saturated rings. The molecule has 1 atom stereocenters. The molecule has 0 aliphatic heterocycles. The summed E-state index contributed by atoms with van der Waals surface area (Å²) in [6.07, 6.45) is 0.303. The standard InChI is InChI=1S/C17H17FN4O3/c1-11-6-7-12(25-11)8-19-17(24)15-9-22(21-20-15)10-16(23)13-4-2-3-5-14(13)18/h2-7,9,16,23H,8,10H2,1H3,(H,19,24)/t16-/m0/s1. The van der Waals surface area contributed by atoms with Gasteiger partial charge >= 0.3 is 0 Å². The molecule has 2 heterocycles. The van der Waals surface area contributed by atoms with E-state index in [1.54, 1.807) is 18.2 Å². The maximum atomic E-state index is 13.7. The van der Waals surface area contributed by atoms with Crippen LogP contribution in [-0.4, -0.2) is 26.0 Å². The van der Waals surface area contributed by atoms with Crippen molar-refractivity contribution in [3.05, 3.63) is 71.2 Å². The quantitative estimate of drug-likeness (QED) is 0.713. The molecule has 1 amide bonds. The number of hydrogen-bond acceptors (Lipinski definition) is 5. The average Bonchev–Trinajstić information content (AvgIpc) is 3.22. The summed E-state index contributed by atoms with van der Waals surface area (Å²) in [5, 5.41) is 20.3. The predicted molar refractivity (Wildman–Crippen MR) is 86.0 cm³/mol. The fourth-order valence-electron chi connectivity index (χ4n) is 2.35. The molecule has 0 aliphatic carbocycles. The molecule has 0 unspecified atom stereocenters. The van der Waals surface area contributed by atoms with Gasteiger partial charge in [-0.2, -0.15) is 0 Å². The van der Waals surface area contributed by atoms with Gasteiger partial charge in [-0.25, -0.2) is 9.07 Å². The summed E-state index contributed by atoms with van der Waals surface area (Å²) >= 11 is 0. The normalized spacial score (nSPS) is 12.1. The molecule has 7 nitrogen and oxygen atoms in total. The number of rotatable bonds is 6. The average molecular weight is 344 g/mol. The van der Waals surface area contributed by atoms with Gasteiger partial charge in [-0.05, 0) is 25.1 Å². The number of aryl methyl sites for hydroxylation is 1. The fourth-order valence-corrected chi connectivity index (χ4v) is 2.35. The number of carbonyl (C=O) groups is 1. The number of carbonyl (C=O) groups excluding carboxylic acids is 1. The Morgan fingerprint density at radius 2 is 2.16 bits per heavy atom. The smallest absolute Gasteiger partial charge is 0.273 e. The van der Waals surface area contributed by atoms with Crippen molar-refractivity contribution < 1.29 is 18.7 Å². The van der Waals surface area contributed by atoms with Gasteiger partial charge in [0, 0.05) is 5.56 Å². The predicted octanol–water partition coefficient (Wildman–Crippen LogP) is 1.98. The number of aliphatic hydroxyl groups excluding tert-OH is 1. The number of amides is 1. The number of aromatic nitrogens is 3. The zero-order chi connectivity index (χ0) is 17.8. The molecule has 0 saturated heterocycles. The summed E-state index contributed by atoms with van der Waals surface area (Å²) in [5.41, 5.74) is 0.265. The summed E-state index contributed by atoms with van der Waals surface area (Å²) < 4.78 is 20.3. The van der Waals surface area contributed by atoms with E-state index in [4.69, 9.17) is 4.42 Å². The molecule has 8 heteroatoms. The van der Waals surface area contributed by atoms with Crippen molar-refractivity contribution in [3.63, 3.8) is 0 Å². The zero-order valence-corrected chi connectivity index (χ0v) is 13.5. The summed E-state index contributed by atoms with van der Waals surface area (Å²) in [4.78, 5) is 12.1. The third-order valence-electron chi connectivity index (χ3n) is 3.61. The molecule has 2 N–H and O–H groups in total. The van der Waals surface area contributed by atoms with Crippen molar-refractivity contribution in [1.29, 1.82) is 0 Å². The number of aliphatic hydroxyl groups is 1. The van der Waals surface area contributed by atoms with E-state index in [-0.39, 0.29) is 24.3 Å². The second kappa shape index (κ2) is 7.27. The summed E-state index contributed by atoms with van der Waals surface area (Å²) in [5.74, 6) is 0.480. The highest BCUT2D eigenvalue weighted by atomic mass is 19.1. The second-order valence-electron chi connectivity index (χ2n) is 5.56. The van der Waals surface area contributed by atoms with Crippen LogP contribution in [0.25, 0.3) is 0 Å². The fraction of sp³-hybridized carbons (Fsp3) is 0.235. The van der Waals surface area contributed by atoms with Crippen LogP contribution in [0.2, 0.25) is 0 Å². The first-order valence-corrected chi connectivity index (χ1v) is 7.69. The highest BCUT2D eigenvalue weighted by molar-refractivity contribution is 5.91. The monoisotopic (exact) mass is 344 g/mol. The van der Waals surface area contributed by atoms with Gasteiger partial charge in [0.15, 0.2) is 5.69 Å². The Kier molecular flexibility index (Phi) is 4.90. The molecule has 1 aromatic carbocycles. The van der Waals surface area contributed by atoms with Crippen molar-refractivity contribution >= 4 is 5.91 Å². The lowest BCUT2D eigenvalue weighted by atomic mass is 10.1. The lowest BCUT2D eigenvalue weighted by molar-refractivity contribution is 0.0942. The van der Waals surface area contributed by atoms with E-state index < -0.39 is 17.8 Å². The van der Waals surface area contributed by atoms with Gasteiger partial charge in [-0.15, -0.1) is 5.10 Å². The van der Waals surface area contributed by atoms with Crippen LogP contribution in [-0.2, 0) is 13.1 Å². The van der Waals surface area contributed by atoms with Crippen molar-refractivity contribution in [3.8, 4) is 0 Å². The SMILES string of the molecule is Cc1ccc(CNC(=O)c2cn(C[C@H](O)c3ccccc3F)nn2)o1. The van der Waals surface area contributed by atoms with E-state index in [0.717, 1.165) is 5.76 Å². The third kappa shape index (κ3) is 4.10. The highest BCUT2D eigenvalue weighted by Crippen LogP contribution is 2.18. The molecule has 0 aliphatic rings. The number of nitrogens with zero attached hydrogens (tertiary/aromatic N) is 3. The van der Waals surface area contributed by atoms with Crippen LogP contribution in [0.15, 0.2) is 47.0 Å². The largest absolute Gasteiger partial charge is 0.465 e. The number of furan rings is 1. The van der Waals surface area contributed by atoms with Crippen molar-refractivity contribution in [1.82, 2.24) is 20.3 Å². The van der Waals surface area contributed by atoms with E-state index in [0.29, 0.717) is 5.76 Å². The topological polar surface area (TPSA) is 93.2 Å². The van der Waals surface area contributed by atoms with Crippen molar-refractivity contribution in [2.24, 2.45) is 0 Å². The van der Waals surface area contributed by atoms with Crippen LogP contribution >= 0.6 is 0 Å². The van der Waals surface area contributed by atoms with E-state index in [2.05, 4.69) is 15.6 Å². The Morgan fingerprint density at radius 1 is 1.36 bits per heavy atom. The minimum absolute atomic E-state index is 0.0153. The number of halogens is 1. The van der Waals surface area contributed by atoms with Gasteiger partial charge in [0.05, 0.1) is 19.3 Å². The van der Waals surface area contributed by atoms with Gasteiger partial charge in [0.2, 0.25) is 0 Å². The molecule has 3 aromatic rings. The molecule has 2 aromatic heterocycles. The lowest BCUT2D eigenvalue weighted by Crippen LogP contribution is -2.23. The molecule has 3 rings (SSSR count). The molecule has 0 saturated carbocycles. The summed E-state index contributed by atoms with van der Waals surface area (Å²) in [7, 11) is 0. The van der Waals surface area contributed by atoms with E-state index in [1.807, 2.05) is 13.0 Å². The van der Waals surface area contributed by atoms with Crippen LogP contribution in [0.5, 0.6) is 0 Å². The maximum Gasteiger partial charge on any atom is 0.273 e. The van der Waals surface area contributed by atoms with Crippen LogP contribution in [0.1, 0.15) is 33.7 Å². The summed E-state index contributed by atoms with van der Waals surface area (Å²) in [6, 6.07) is 9.53. The van der Waals surface area contributed by atoms with Gasteiger partial charge < -0.3 is 14.8 Å². The Morgan fingerprint density at radius 3 is 2.88 bits per heavy atom. The minimum atomic E-state index is -1.09. The van der Waals surface area contributed by atoms with E-state index in [9.17, 15) is 14.3 Å². The van der Waals surface area contributed by atoms with Crippen molar-refractivity contribution in [2.75, 3.05) is 0 Å². The first-order valence-electron chi connectivity index (χ1n) is 7.69. The van der Waals surface area contributed by atoms with Crippen molar-refractivity contribution in [2.45, 2.75) is 26.1 Å². The van der Waals surface area contributed by atoms with Gasteiger partial charge in [0.1, 0.15) is 23.4 Å². The second-order valence-corrected chi connectivity index (χ2v) is 5.56. The third-order valence-corrected chi connectivity index (χ3v) is 3.61. The Bertz CT molecular complexity index is 874. The number of benzene rings is 1. The molecular weight excluding hydrogens is 327 g/mol. The molecule has 0 spiro atoms. The van der Waals surface area contributed by atoms with Crippen LogP contribution < -0.4 is 5.32 Å². The van der Waals surface area contributed by atoms with Gasteiger partial charge in [-0.1, -0.05) is 23.4 Å². The first-order chi connectivity index (χ1) is 12.0. The number of hydrogen-bond donors (Lipinski definition) is 2. The molecule has 25 heavy (non-hydrogen) atoms. The maximum absolute atomic E-state index is 13.7. The Labute approximate surface area is 143 Å². The van der Waals surface area contributed by atoms with Crippen LogP contribution in [0, 0.1) is 12.7 Å². The summed E-state index contributed by atoms with van der Waals surface area (Å²) in [6.45, 7) is 2.04. The van der Waals surface area contributed by atoms with E-state index >= 15 is 0 Å². The van der Waals surface area contributed by atoms with Gasteiger partial charge in [0.25, 0.3) is 5.91 Å². The van der Waals surface area contributed by atoms with Gasteiger partial charge in [-0.3, -0.25) is 4.79 Å². The minimum Gasteiger partial charge on any atom is -0.465 e. The number of nitrogens with one attached hydrogen (secondary N) is 1. The Hall–Kier alpha value is -3.00. The van der Waals surface area contributed by atoms with Crippen LogP contribution in [0.3, 0.4) is 0 Å². The molecule has 0 bridgehead atoms. The van der Waals surface area contributed by atoms with E-state index in [1.165, 1.54) is 23.0 Å². The molecular formula is C17H17FN4O3. The zero-order valence-electron chi connectivity index (χ0n) is 13.5. The van der Waals surface area contributed by atoms with Crippen LogP contribution in [0.4, 0.5) is 4.39 Å².